The largest absolute Gasteiger partial charge is 0.0726 e. The zero-order chi connectivity index (χ0) is 35.8. The predicted molar refractivity (Wildman–Crippen MR) is 232 cm³/mol. The SMILES string of the molecule is c1ccc2c(c1)-c1ccccc1C21c2cc3ccccc3cc2-c2c(-c3cccc4ccccc34)cc(-c3ccc4ccc5cccc6ccc3c4c56)cc21. The highest BCUT2D eigenvalue weighted by Gasteiger charge is 2.52. The third kappa shape index (κ3) is 3.71. The lowest BCUT2D eigenvalue weighted by molar-refractivity contribution is 0.795. The molecule has 55 heavy (non-hydrogen) atoms. The predicted octanol–water partition coefficient (Wildman–Crippen LogP) is 14.6. The molecule has 0 heteroatoms. The van der Waals surface area contributed by atoms with Gasteiger partial charge in [0.25, 0.3) is 0 Å². The van der Waals surface area contributed by atoms with Crippen LogP contribution in [0.25, 0.3) is 98.4 Å². The highest BCUT2D eigenvalue weighted by molar-refractivity contribution is 6.25. The summed E-state index contributed by atoms with van der Waals surface area (Å²) in [6.07, 6.45) is 0. The minimum absolute atomic E-state index is 0.485. The van der Waals surface area contributed by atoms with Crippen LogP contribution in [0.3, 0.4) is 0 Å². The van der Waals surface area contributed by atoms with Gasteiger partial charge in [-0.05, 0) is 145 Å². The zero-order valence-corrected chi connectivity index (χ0v) is 30.0. The molecule has 11 aromatic rings. The van der Waals surface area contributed by atoms with Crippen LogP contribution in [0.4, 0.5) is 0 Å². The fraction of sp³-hybridized carbons (Fsp3) is 0.0182. The summed E-state index contributed by atoms with van der Waals surface area (Å²) in [5.41, 5.74) is 15.4. The van der Waals surface area contributed by atoms with Crippen LogP contribution in [-0.2, 0) is 5.41 Å². The lowest BCUT2D eigenvalue weighted by atomic mass is 9.69. The maximum absolute atomic E-state index is 2.57. The fourth-order valence-electron chi connectivity index (χ4n) is 10.8. The first-order chi connectivity index (χ1) is 27.3. The van der Waals surface area contributed by atoms with Crippen molar-refractivity contribution in [3.8, 4) is 44.5 Å². The molecular weight excluding hydrogens is 661 g/mol. The molecule has 0 amide bonds. The highest BCUT2D eigenvalue weighted by atomic mass is 14.5. The number of rotatable bonds is 2. The van der Waals surface area contributed by atoms with Crippen LogP contribution in [0.5, 0.6) is 0 Å². The van der Waals surface area contributed by atoms with E-state index in [1.807, 2.05) is 0 Å². The molecule has 0 bridgehead atoms. The van der Waals surface area contributed by atoms with E-state index in [0.29, 0.717) is 0 Å². The molecular formula is C55H32. The molecule has 252 valence electrons. The van der Waals surface area contributed by atoms with Crippen molar-refractivity contribution >= 4 is 53.9 Å². The second-order valence-corrected chi connectivity index (χ2v) is 15.5. The molecule has 2 aliphatic rings. The third-order valence-corrected chi connectivity index (χ3v) is 13.0. The first kappa shape index (κ1) is 29.4. The maximum atomic E-state index is 2.57. The van der Waals surface area contributed by atoms with E-state index < -0.39 is 5.41 Å². The van der Waals surface area contributed by atoms with Crippen LogP contribution < -0.4 is 0 Å². The van der Waals surface area contributed by atoms with Crippen molar-refractivity contribution in [1.29, 1.82) is 0 Å². The van der Waals surface area contributed by atoms with Gasteiger partial charge in [0, 0.05) is 0 Å². The van der Waals surface area contributed by atoms with Crippen molar-refractivity contribution in [2.75, 3.05) is 0 Å². The van der Waals surface area contributed by atoms with Gasteiger partial charge in [0.1, 0.15) is 0 Å². The van der Waals surface area contributed by atoms with Gasteiger partial charge < -0.3 is 0 Å². The summed E-state index contributed by atoms with van der Waals surface area (Å²) in [5, 5.41) is 12.9. The number of fused-ring (bicyclic) bond motifs is 12. The summed E-state index contributed by atoms with van der Waals surface area (Å²) in [6, 6.07) is 73.6. The van der Waals surface area contributed by atoms with Crippen molar-refractivity contribution in [2.24, 2.45) is 0 Å². The number of benzene rings is 11. The number of hydrogen-bond donors (Lipinski definition) is 0. The molecule has 13 rings (SSSR count). The van der Waals surface area contributed by atoms with Crippen molar-refractivity contribution in [3.63, 3.8) is 0 Å². The van der Waals surface area contributed by atoms with Gasteiger partial charge in [-0.15, -0.1) is 0 Å². The van der Waals surface area contributed by atoms with Gasteiger partial charge in [0.05, 0.1) is 5.41 Å². The van der Waals surface area contributed by atoms with E-state index in [-0.39, 0.29) is 0 Å². The van der Waals surface area contributed by atoms with E-state index in [0.717, 1.165) is 0 Å². The first-order valence-corrected chi connectivity index (χ1v) is 19.3. The summed E-state index contributed by atoms with van der Waals surface area (Å²) in [5.74, 6) is 0. The minimum atomic E-state index is -0.485. The lowest BCUT2D eigenvalue weighted by Gasteiger charge is -2.31. The molecule has 0 N–H and O–H groups in total. The van der Waals surface area contributed by atoms with E-state index in [1.54, 1.807) is 0 Å². The number of hydrogen-bond acceptors (Lipinski definition) is 0. The van der Waals surface area contributed by atoms with Gasteiger partial charge in [-0.3, -0.25) is 0 Å². The van der Waals surface area contributed by atoms with Gasteiger partial charge >= 0.3 is 0 Å². The molecule has 0 aliphatic heterocycles. The molecule has 0 fully saturated rings. The Labute approximate surface area is 318 Å². The molecule has 2 aliphatic carbocycles. The zero-order valence-electron chi connectivity index (χ0n) is 30.0. The Kier molecular flexibility index (Phi) is 5.65. The molecule has 0 heterocycles. The van der Waals surface area contributed by atoms with Gasteiger partial charge in [0.2, 0.25) is 0 Å². The van der Waals surface area contributed by atoms with Crippen LogP contribution >= 0.6 is 0 Å². The Morgan fingerprint density at radius 2 is 0.818 bits per heavy atom. The van der Waals surface area contributed by atoms with Crippen molar-refractivity contribution in [1.82, 2.24) is 0 Å². The van der Waals surface area contributed by atoms with Crippen LogP contribution in [0.15, 0.2) is 194 Å². The van der Waals surface area contributed by atoms with Gasteiger partial charge in [-0.1, -0.05) is 170 Å². The Hall–Kier alpha value is -7.02. The first-order valence-electron chi connectivity index (χ1n) is 19.3. The average Bonchev–Trinajstić information content (AvgIpc) is 3.71. The molecule has 0 unspecified atom stereocenters. The molecule has 0 radical (unpaired) electrons. The summed E-state index contributed by atoms with van der Waals surface area (Å²) >= 11 is 0. The molecule has 0 aromatic heterocycles. The summed E-state index contributed by atoms with van der Waals surface area (Å²) < 4.78 is 0. The molecule has 1 spiro atoms. The van der Waals surface area contributed by atoms with Crippen LogP contribution in [0.1, 0.15) is 22.3 Å². The molecule has 0 atom stereocenters. The highest BCUT2D eigenvalue weighted by Crippen LogP contribution is 2.65. The Morgan fingerprint density at radius 3 is 1.60 bits per heavy atom. The molecule has 0 saturated heterocycles. The van der Waals surface area contributed by atoms with Crippen molar-refractivity contribution in [3.05, 3.63) is 216 Å². The summed E-state index contributed by atoms with van der Waals surface area (Å²) in [6.45, 7) is 0. The van der Waals surface area contributed by atoms with Gasteiger partial charge in [-0.25, -0.2) is 0 Å². The fourth-order valence-corrected chi connectivity index (χ4v) is 10.8. The van der Waals surface area contributed by atoms with E-state index >= 15 is 0 Å². The Morgan fingerprint density at radius 1 is 0.255 bits per heavy atom. The van der Waals surface area contributed by atoms with E-state index in [1.165, 1.54) is 121 Å². The second kappa shape index (κ2) is 10.6. The quantitative estimate of drug-likeness (QED) is 0.158. The van der Waals surface area contributed by atoms with Crippen molar-refractivity contribution in [2.45, 2.75) is 5.41 Å². The van der Waals surface area contributed by atoms with Gasteiger partial charge in [0.15, 0.2) is 0 Å². The van der Waals surface area contributed by atoms with E-state index in [9.17, 15) is 0 Å². The van der Waals surface area contributed by atoms with Crippen LogP contribution in [-0.4, -0.2) is 0 Å². The van der Waals surface area contributed by atoms with Crippen LogP contribution in [0.2, 0.25) is 0 Å². The topological polar surface area (TPSA) is 0 Å². The lowest BCUT2D eigenvalue weighted by Crippen LogP contribution is -2.26. The summed E-state index contributed by atoms with van der Waals surface area (Å²) in [7, 11) is 0. The van der Waals surface area contributed by atoms with Gasteiger partial charge in [-0.2, -0.15) is 0 Å². The average molecular weight is 693 g/mol. The van der Waals surface area contributed by atoms with E-state index in [2.05, 4.69) is 194 Å². The smallest absolute Gasteiger partial charge is 0.0619 e. The minimum Gasteiger partial charge on any atom is -0.0619 e. The third-order valence-electron chi connectivity index (χ3n) is 13.0. The Bertz CT molecular complexity index is 3370. The standard InChI is InChI=1S/C55H32/c1-2-13-38-31-50-47(29-37(38)12-1)54-46(42-20-10-14-33-11-3-4-17-40(33)42)30-39(32-51(54)55(50)48-21-7-5-18-43(48)44-19-6-8-22-49(44)55)41-27-25-36-24-23-34-15-9-16-35-26-28-45(41)53(36)52(34)35/h1-32H. The summed E-state index contributed by atoms with van der Waals surface area (Å²) in [4.78, 5) is 0. The monoisotopic (exact) mass is 692 g/mol. The van der Waals surface area contributed by atoms with Crippen molar-refractivity contribution < 1.29 is 0 Å². The van der Waals surface area contributed by atoms with Crippen LogP contribution in [0, 0.1) is 0 Å². The molecule has 11 aromatic carbocycles. The van der Waals surface area contributed by atoms with E-state index in [4.69, 9.17) is 0 Å². The second-order valence-electron chi connectivity index (χ2n) is 15.5. The normalized spacial score (nSPS) is 13.6. The maximum Gasteiger partial charge on any atom is 0.0726 e. The Balaban J connectivity index is 1.24. The molecule has 0 nitrogen and oxygen atoms in total. The molecule has 0 saturated carbocycles.